The van der Waals surface area contributed by atoms with E-state index in [1.54, 1.807) is 23.5 Å². The van der Waals surface area contributed by atoms with Crippen molar-refractivity contribution in [3.8, 4) is 12.1 Å². The molecule has 1 heterocycles. The smallest absolute Gasteiger partial charge is 0.350 e. The molecule has 0 spiro atoms. The number of ether oxygens (including phenoxy) is 4. The summed E-state index contributed by atoms with van der Waals surface area (Å²) >= 11 is 3.38. The zero-order valence-electron chi connectivity index (χ0n) is 31.2. The van der Waals surface area contributed by atoms with Gasteiger partial charge in [0.05, 0.1) is 23.1 Å². The van der Waals surface area contributed by atoms with Crippen LogP contribution in [0.5, 0.6) is 0 Å². The molecule has 0 amide bonds. The monoisotopic (exact) mass is 768 g/mol. The summed E-state index contributed by atoms with van der Waals surface area (Å²) in [6.07, 6.45) is 16.2. The molecule has 4 aliphatic carbocycles. The van der Waals surface area contributed by atoms with Crippen molar-refractivity contribution in [3.63, 3.8) is 0 Å². The summed E-state index contributed by atoms with van der Waals surface area (Å²) in [4.78, 5) is 48.8. The molecule has 0 bridgehead atoms. The third kappa shape index (κ3) is 12.3. The van der Waals surface area contributed by atoms with Gasteiger partial charge in [-0.2, -0.15) is 10.5 Å². The number of carbonyl (C=O) groups is 4. The van der Waals surface area contributed by atoms with E-state index in [1.807, 2.05) is 0 Å². The van der Waals surface area contributed by atoms with Crippen LogP contribution in [-0.4, -0.2) is 60.3 Å². The Hall–Kier alpha value is -2.96. The summed E-state index contributed by atoms with van der Waals surface area (Å²) in [5, 5.41) is 19.7. The van der Waals surface area contributed by atoms with Crippen LogP contribution in [0, 0.1) is 58.2 Å². The summed E-state index contributed by atoms with van der Waals surface area (Å²) in [5.74, 6) is 2.52. The molecule has 4 saturated carbocycles. The van der Waals surface area contributed by atoms with E-state index in [2.05, 4.69) is 18.7 Å². The van der Waals surface area contributed by atoms with Gasteiger partial charge >= 0.3 is 23.9 Å². The van der Waals surface area contributed by atoms with Crippen LogP contribution in [0.2, 0.25) is 0 Å². The molecule has 12 heteroatoms. The maximum atomic E-state index is 13.2. The molecule has 5 rings (SSSR count). The van der Waals surface area contributed by atoms with Crippen molar-refractivity contribution in [1.29, 1.82) is 10.5 Å². The van der Waals surface area contributed by atoms with Crippen LogP contribution >= 0.6 is 23.5 Å². The highest BCUT2D eigenvalue weighted by atomic mass is 32.2. The Labute approximate surface area is 323 Å². The molecule has 0 aromatic carbocycles. The molecule has 1 aliphatic heterocycles. The second kappa shape index (κ2) is 20.6. The average Bonchev–Trinajstić information content (AvgIpc) is 3.66. The van der Waals surface area contributed by atoms with Crippen LogP contribution in [0.3, 0.4) is 0 Å². The van der Waals surface area contributed by atoms with Crippen LogP contribution in [0.4, 0.5) is 0 Å². The minimum absolute atomic E-state index is 0.0526. The molecule has 290 valence electrons. The Kier molecular flexibility index (Phi) is 16.1. The quantitative estimate of drug-likeness (QED) is 0.0582. The maximum Gasteiger partial charge on any atom is 0.350 e. The summed E-state index contributed by atoms with van der Waals surface area (Å²) in [5.41, 5.74) is 0.448. The van der Waals surface area contributed by atoms with Crippen molar-refractivity contribution in [2.75, 3.05) is 19.0 Å². The maximum absolute atomic E-state index is 13.2. The lowest BCUT2D eigenvalue weighted by atomic mass is 9.69. The topological polar surface area (TPSA) is 153 Å². The Morgan fingerprint density at radius 1 is 0.660 bits per heavy atom. The molecule has 10 nitrogen and oxygen atoms in total. The third-order valence-electron chi connectivity index (χ3n) is 12.3. The van der Waals surface area contributed by atoms with Crippen molar-refractivity contribution < 1.29 is 38.1 Å². The summed E-state index contributed by atoms with van der Waals surface area (Å²) in [6, 6.07) is 4.65. The molecule has 1 saturated heterocycles. The van der Waals surface area contributed by atoms with Gasteiger partial charge in [0, 0.05) is 22.5 Å². The first-order chi connectivity index (χ1) is 25.6. The molecule has 5 aliphatic rings. The minimum Gasteiger partial charge on any atom is -0.462 e. The summed E-state index contributed by atoms with van der Waals surface area (Å²) < 4.78 is 22.3. The van der Waals surface area contributed by atoms with Crippen molar-refractivity contribution in [2.45, 2.75) is 140 Å². The number of hydrogen-bond acceptors (Lipinski definition) is 12. The normalized spacial score (nSPS) is 32.6. The molecule has 1 unspecified atom stereocenters. The predicted octanol–water partition coefficient (Wildman–Crippen LogP) is 8.35. The van der Waals surface area contributed by atoms with Crippen molar-refractivity contribution in [1.82, 2.24) is 0 Å². The fourth-order valence-electron chi connectivity index (χ4n) is 9.11. The first kappa shape index (κ1) is 41.2. The summed E-state index contributed by atoms with van der Waals surface area (Å²) in [7, 11) is 0. The fraction of sp³-hybridized carbons (Fsp3) is 0.756. The van der Waals surface area contributed by atoms with Gasteiger partial charge in [-0.25, -0.2) is 9.59 Å². The number of nitrogens with zero attached hydrogens (tertiary/aromatic N) is 2. The Balaban J connectivity index is 0.947. The standard InChI is InChI=1S/C41H56N2O8S2/c1-26(2)39(46)49-22-21-48-37(44)19-20-38(45)50-33-15-11-30(12-16-33)31-13-17-34(18-14-31)51-40(47)35(24-43)41-52-25-36(53-41)32-9-7-29(8-10-32)28-5-3-27(23-42)4-6-28/h27-34,36H,1,3-22,25H2,2H3/b41-35-. The second-order valence-corrected chi connectivity index (χ2v) is 18.3. The van der Waals surface area contributed by atoms with E-state index in [9.17, 15) is 29.7 Å². The van der Waals surface area contributed by atoms with Gasteiger partial charge in [0.25, 0.3) is 0 Å². The number of thioether (sulfide) groups is 2. The predicted molar refractivity (Wildman–Crippen MR) is 203 cm³/mol. The number of nitriles is 2. The first-order valence-corrected chi connectivity index (χ1v) is 21.7. The largest absolute Gasteiger partial charge is 0.462 e. The lowest BCUT2D eigenvalue weighted by Gasteiger charge is -2.38. The lowest BCUT2D eigenvalue weighted by molar-refractivity contribution is -0.156. The fourth-order valence-corrected chi connectivity index (χ4v) is 12.3. The Morgan fingerprint density at radius 2 is 1.15 bits per heavy atom. The zero-order valence-corrected chi connectivity index (χ0v) is 32.9. The molecule has 0 radical (unpaired) electrons. The number of rotatable bonds is 13. The SMILES string of the molecule is C=C(C)C(=O)OCCOC(=O)CCC(=O)OC1CCC(C2CCC(OC(=O)/C(C#N)=C3/SCC(C4CCC(C5CCC(C#N)CC5)CC4)S3)CC2)CC1. The zero-order chi connectivity index (χ0) is 37.7. The highest BCUT2D eigenvalue weighted by Crippen LogP contribution is 2.51. The van der Waals surface area contributed by atoms with Crippen LogP contribution < -0.4 is 0 Å². The van der Waals surface area contributed by atoms with Gasteiger partial charge in [-0.15, -0.1) is 23.5 Å². The molecule has 0 aromatic heterocycles. The van der Waals surface area contributed by atoms with Gasteiger partial charge in [-0.05, 0) is 139 Å². The van der Waals surface area contributed by atoms with Crippen LogP contribution in [0.25, 0.3) is 0 Å². The number of hydrogen-bond donors (Lipinski definition) is 0. The van der Waals surface area contributed by atoms with Crippen LogP contribution in [0.1, 0.15) is 122 Å². The lowest BCUT2D eigenvalue weighted by Crippen LogP contribution is -2.32. The highest BCUT2D eigenvalue weighted by molar-refractivity contribution is 8.25. The van der Waals surface area contributed by atoms with Gasteiger partial charge in [0.1, 0.15) is 31.5 Å². The molecule has 0 N–H and O–H groups in total. The molecule has 5 fully saturated rings. The van der Waals surface area contributed by atoms with E-state index in [0.717, 1.165) is 86.0 Å². The Bertz CT molecular complexity index is 1420. The van der Waals surface area contributed by atoms with Gasteiger partial charge in [0.2, 0.25) is 0 Å². The Morgan fingerprint density at radius 3 is 1.70 bits per heavy atom. The van der Waals surface area contributed by atoms with Gasteiger partial charge in [0.15, 0.2) is 5.57 Å². The van der Waals surface area contributed by atoms with E-state index in [-0.39, 0.29) is 55.3 Å². The van der Waals surface area contributed by atoms with Crippen molar-refractivity contribution >= 4 is 47.4 Å². The molecular weight excluding hydrogens is 713 g/mol. The van der Waals surface area contributed by atoms with E-state index in [4.69, 9.17) is 18.9 Å². The van der Waals surface area contributed by atoms with Crippen LogP contribution in [-0.2, 0) is 38.1 Å². The molecule has 1 atom stereocenters. The van der Waals surface area contributed by atoms with E-state index in [0.29, 0.717) is 23.0 Å². The van der Waals surface area contributed by atoms with Crippen LogP contribution in [0.15, 0.2) is 22.0 Å². The van der Waals surface area contributed by atoms with Gasteiger partial charge < -0.3 is 18.9 Å². The van der Waals surface area contributed by atoms with Crippen molar-refractivity contribution in [3.05, 3.63) is 22.0 Å². The number of esters is 4. The highest BCUT2D eigenvalue weighted by Gasteiger charge is 2.38. The molecular formula is C41H56N2O8S2. The average molecular weight is 769 g/mol. The second-order valence-electron chi connectivity index (χ2n) is 15.8. The van der Waals surface area contributed by atoms with Gasteiger partial charge in [-0.1, -0.05) is 6.58 Å². The molecule has 0 aromatic rings. The minimum atomic E-state index is -0.543. The van der Waals surface area contributed by atoms with Gasteiger partial charge in [-0.3, -0.25) is 9.59 Å². The molecule has 53 heavy (non-hydrogen) atoms. The van der Waals surface area contributed by atoms with E-state index < -0.39 is 23.9 Å². The number of carbonyl (C=O) groups excluding carboxylic acids is 4. The third-order valence-corrected chi connectivity index (χ3v) is 15.4. The van der Waals surface area contributed by atoms with E-state index >= 15 is 0 Å². The first-order valence-electron chi connectivity index (χ1n) is 19.9. The van der Waals surface area contributed by atoms with Crippen molar-refractivity contribution in [2.24, 2.45) is 35.5 Å². The van der Waals surface area contributed by atoms with E-state index in [1.165, 1.54) is 45.4 Å². The summed E-state index contributed by atoms with van der Waals surface area (Å²) in [6.45, 7) is 4.88.